The van der Waals surface area contributed by atoms with Crippen molar-refractivity contribution in [3.63, 3.8) is 0 Å². The highest BCUT2D eigenvalue weighted by Gasteiger charge is 2.36. The molecule has 120 valence electrons. The summed E-state index contributed by atoms with van der Waals surface area (Å²) in [7, 11) is 1.59. The molecule has 2 fully saturated rings. The third-order valence-electron chi connectivity index (χ3n) is 4.89. The van der Waals surface area contributed by atoms with Gasteiger partial charge in [-0.25, -0.2) is 4.98 Å². The van der Waals surface area contributed by atoms with Gasteiger partial charge in [-0.15, -0.1) is 0 Å². The van der Waals surface area contributed by atoms with Crippen LogP contribution < -0.4 is 4.74 Å². The van der Waals surface area contributed by atoms with Crippen molar-refractivity contribution in [2.24, 2.45) is 0 Å². The monoisotopic (exact) mass is 303 g/mol. The van der Waals surface area contributed by atoms with Crippen LogP contribution in [0.4, 0.5) is 0 Å². The number of hydrogen-bond donors (Lipinski definition) is 0. The van der Waals surface area contributed by atoms with E-state index in [1.807, 2.05) is 12.1 Å². The summed E-state index contributed by atoms with van der Waals surface area (Å²) in [6.45, 7) is 5.44. The van der Waals surface area contributed by atoms with Crippen molar-refractivity contribution in [1.29, 1.82) is 0 Å². The van der Waals surface area contributed by atoms with Gasteiger partial charge in [0.05, 0.1) is 13.5 Å². The Morgan fingerprint density at radius 1 is 1.41 bits per heavy atom. The summed E-state index contributed by atoms with van der Waals surface area (Å²) in [5.74, 6) is 0.775. The minimum Gasteiger partial charge on any atom is -0.481 e. The highest BCUT2D eigenvalue weighted by Crippen LogP contribution is 2.25. The van der Waals surface area contributed by atoms with Gasteiger partial charge in [0.2, 0.25) is 11.8 Å². The lowest BCUT2D eigenvalue weighted by atomic mass is 10.1. The van der Waals surface area contributed by atoms with Gasteiger partial charge in [-0.2, -0.15) is 0 Å². The van der Waals surface area contributed by atoms with Crippen LogP contribution in [0, 0.1) is 0 Å². The Kier molecular flexibility index (Phi) is 4.62. The second-order valence-corrected chi connectivity index (χ2v) is 6.41. The van der Waals surface area contributed by atoms with Crippen molar-refractivity contribution in [2.75, 3.05) is 26.7 Å². The molecule has 1 amide bonds. The largest absolute Gasteiger partial charge is 0.481 e. The summed E-state index contributed by atoms with van der Waals surface area (Å²) in [5.41, 5.74) is 0.966. The van der Waals surface area contributed by atoms with Crippen molar-refractivity contribution in [2.45, 2.75) is 44.7 Å². The number of carbonyl (C=O) groups is 1. The summed E-state index contributed by atoms with van der Waals surface area (Å²) in [6.07, 6.45) is 5.83. The van der Waals surface area contributed by atoms with Crippen LogP contribution >= 0.6 is 0 Å². The Hall–Kier alpha value is -1.62. The molecule has 0 bridgehead atoms. The highest BCUT2D eigenvalue weighted by atomic mass is 16.5. The van der Waals surface area contributed by atoms with Gasteiger partial charge in [0.25, 0.3) is 0 Å². The SMILES string of the molecule is COc1cc(CC(=O)N2CC(N3CCCC3)CC2C)ccn1. The Bertz CT molecular complexity index is 528. The maximum absolute atomic E-state index is 12.6. The van der Waals surface area contributed by atoms with Gasteiger partial charge in [-0.3, -0.25) is 9.69 Å². The average molecular weight is 303 g/mol. The molecule has 2 unspecified atom stereocenters. The molecule has 2 atom stereocenters. The Morgan fingerprint density at radius 3 is 2.91 bits per heavy atom. The second kappa shape index (κ2) is 6.65. The minimum atomic E-state index is 0.211. The Morgan fingerprint density at radius 2 is 2.18 bits per heavy atom. The van der Waals surface area contributed by atoms with Gasteiger partial charge in [0.15, 0.2) is 0 Å². The number of nitrogens with zero attached hydrogens (tertiary/aromatic N) is 3. The van der Waals surface area contributed by atoms with Gasteiger partial charge in [-0.05, 0) is 50.9 Å². The van der Waals surface area contributed by atoms with Crippen molar-refractivity contribution < 1.29 is 9.53 Å². The predicted molar refractivity (Wildman–Crippen MR) is 84.9 cm³/mol. The summed E-state index contributed by atoms with van der Waals surface area (Å²) < 4.78 is 5.12. The fraction of sp³-hybridized carbons (Fsp3) is 0.647. The summed E-state index contributed by atoms with van der Waals surface area (Å²) in [5, 5.41) is 0. The molecule has 3 rings (SSSR count). The Balaban J connectivity index is 1.61. The van der Waals surface area contributed by atoms with Crippen LogP contribution in [0.2, 0.25) is 0 Å². The topological polar surface area (TPSA) is 45.7 Å². The number of hydrogen-bond acceptors (Lipinski definition) is 4. The van der Waals surface area contributed by atoms with Crippen LogP contribution in [-0.2, 0) is 11.2 Å². The van der Waals surface area contributed by atoms with Crippen LogP contribution in [0.1, 0.15) is 31.7 Å². The van der Waals surface area contributed by atoms with E-state index < -0.39 is 0 Å². The van der Waals surface area contributed by atoms with Gasteiger partial charge < -0.3 is 9.64 Å². The lowest BCUT2D eigenvalue weighted by Crippen LogP contribution is -2.38. The number of amides is 1. The normalized spacial score (nSPS) is 25.6. The maximum atomic E-state index is 12.6. The van der Waals surface area contributed by atoms with Crippen LogP contribution in [0.3, 0.4) is 0 Å². The molecule has 22 heavy (non-hydrogen) atoms. The zero-order valence-electron chi connectivity index (χ0n) is 13.5. The van der Waals surface area contributed by atoms with E-state index in [0.717, 1.165) is 18.5 Å². The molecule has 5 heteroatoms. The van der Waals surface area contributed by atoms with E-state index in [0.29, 0.717) is 24.4 Å². The van der Waals surface area contributed by atoms with Crippen molar-refractivity contribution in [3.05, 3.63) is 23.9 Å². The van der Waals surface area contributed by atoms with E-state index in [9.17, 15) is 4.79 Å². The molecular formula is C17H25N3O2. The summed E-state index contributed by atoms with van der Waals surface area (Å²) in [6, 6.07) is 4.62. The molecule has 0 aliphatic carbocycles. The fourth-order valence-corrected chi connectivity index (χ4v) is 3.67. The van der Waals surface area contributed by atoms with Crippen molar-refractivity contribution >= 4 is 5.91 Å². The third kappa shape index (κ3) is 3.24. The third-order valence-corrected chi connectivity index (χ3v) is 4.89. The molecule has 2 aliphatic rings. The molecule has 5 nitrogen and oxygen atoms in total. The number of ether oxygens (including phenoxy) is 1. The predicted octanol–water partition coefficient (Wildman–Crippen LogP) is 1.72. The van der Waals surface area contributed by atoms with E-state index in [2.05, 4.69) is 21.7 Å². The van der Waals surface area contributed by atoms with Crippen LogP contribution in [0.15, 0.2) is 18.3 Å². The minimum absolute atomic E-state index is 0.211. The number of methoxy groups -OCH3 is 1. The second-order valence-electron chi connectivity index (χ2n) is 6.41. The Labute approximate surface area is 132 Å². The molecule has 3 heterocycles. The molecule has 0 N–H and O–H groups in total. The van der Waals surface area contributed by atoms with Crippen molar-refractivity contribution in [3.8, 4) is 5.88 Å². The van der Waals surface area contributed by atoms with Gasteiger partial charge >= 0.3 is 0 Å². The van der Waals surface area contributed by atoms with Crippen LogP contribution in [0.25, 0.3) is 0 Å². The van der Waals surface area contributed by atoms with Crippen molar-refractivity contribution in [1.82, 2.24) is 14.8 Å². The molecule has 0 saturated carbocycles. The molecule has 2 aliphatic heterocycles. The molecular weight excluding hydrogens is 278 g/mol. The first kappa shape index (κ1) is 15.3. The molecule has 0 aromatic carbocycles. The van der Waals surface area contributed by atoms with E-state index in [-0.39, 0.29) is 5.91 Å². The van der Waals surface area contributed by atoms with Crippen LogP contribution in [-0.4, -0.2) is 59.5 Å². The maximum Gasteiger partial charge on any atom is 0.227 e. The number of likely N-dealkylation sites (tertiary alicyclic amines) is 2. The standard InChI is InChI=1S/C17H25N3O2/c1-13-9-15(19-7-3-4-8-19)12-20(13)17(21)11-14-5-6-18-16(10-14)22-2/h5-6,10,13,15H,3-4,7-9,11-12H2,1-2H3. The van der Waals surface area contributed by atoms with Crippen LogP contribution in [0.5, 0.6) is 5.88 Å². The molecule has 0 spiro atoms. The van der Waals surface area contributed by atoms with E-state index in [1.54, 1.807) is 13.3 Å². The number of rotatable bonds is 4. The first-order chi connectivity index (χ1) is 10.7. The quantitative estimate of drug-likeness (QED) is 0.849. The highest BCUT2D eigenvalue weighted by molar-refractivity contribution is 5.79. The van der Waals surface area contributed by atoms with E-state index >= 15 is 0 Å². The summed E-state index contributed by atoms with van der Waals surface area (Å²) in [4.78, 5) is 21.3. The van der Waals surface area contributed by atoms with E-state index in [1.165, 1.54) is 25.9 Å². The van der Waals surface area contributed by atoms with Gasteiger partial charge in [-0.1, -0.05) is 0 Å². The molecule has 0 radical (unpaired) electrons. The fourth-order valence-electron chi connectivity index (χ4n) is 3.67. The van der Waals surface area contributed by atoms with Gasteiger partial charge in [0.1, 0.15) is 0 Å². The zero-order chi connectivity index (χ0) is 15.5. The zero-order valence-corrected chi connectivity index (χ0v) is 13.5. The lowest BCUT2D eigenvalue weighted by Gasteiger charge is -2.24. The van der Waals surface area contributed by atoms with Gasteiger partial charge in [0, 0.05) is 30.9 Å². The molecule has 1 aromatic rings. The first-order valence-corrected chi connectivity index (χ1v) is 8.20. The number of carbonyl (C=O) groups excluding carboxylic acids is 1. The molecule has 2 saturated heterocycles. The summed E-state index contributed by atoms with van der Waals surface area (Å²) >= 11 is 0. The first-order valence-electron chi connectivity index (χ1n) is 8.20. The average Bonchev–Trinajstić information content (AvgIpc) is 3.16. The number of aromatic nitrogens is 1. The molecule has 1 aromatic heterocycles. The lowest BCUT2D eigenvalue weighted by molar-refractivity contribution is -0.131. The van der Waals surface area contributed by atoms with E-state index in [4.69, 9.17) is 4.74 Å². The smallest absolute Gasteiger partial charge is 0.227 e. The number of pyridine rings is 1.